The molecule has 5 nitrogen and oxygen atoms in total. The summed E-state index contributed by atoms with van der Waals surface area (Å²) in [6.07, 6.45) is 0.618. The van der Waals surface area contributed by atoms with Crippen LogP contribution in [0.25, 0.3) is 0 Å². The van der Waals surface area contributed by atoms with Crippen molar-refractivity contribution in [2.75, 3.05) is 20.8 Å². The second kappa shape index (κ2) is 10.2. The molecule has 1 heterocycles. The van der Waals surface area contributed by atoms with E-state index < -0.39 is 0 Å². The number of amides is 1. The summed E-state index contributed by atoms with van der Waals surface area (Å²) >= 11 is 1.54. The van der Waals surface area contributed by atoms with Gasteiger partial charge >= 0.3 is 0 Å². The highest BCUT2D eigenvalue weighted by Gasteiger charge is 2.17. The van der Waals surface area contributed by atoms with E-state index in [0.29, 0.717) is 23.8 Å². The summed E-state index contributed by atoms with van der Waals surface area (Å²) in [7, 11) is 3.26. The third-order valence-electron chi connectivity index (χ3n) is 5.24. The fourth-order valence-electron chi connectivity index (χ4n) is 3.26. The van der Waals surface area contributed by atoms with Gasteiger partial charge in [0, 0.05) is 11.4 Å². The van der Waals surface area contributed by atoms with Gasteiger partial charge in [0.25, 0.3) is 5.91 Å². The highest BCUT2D eigenvalue weighted by molar-refractivity contribution is 7.99. The van der Waals surface area contributed by atoms with Crippen LogP contribution in [0.1, 0.15) is 48.0 Å². The lowest BCUT2D eigenvalue weighted by atomic mass is 9.87. The zero-order valence-corrected chi connectivity index (χ0v) is 20.4. The minimum Gasteiger partial charge on any atom is -0.497 e. The van der Waals surface area contributed by atoms with Crippen molar-refractivity contribution in [1.29, 1.82) is 0 Å². The monoisotopic (exact) mass is 453 g/mol. The summed E-state index contributed by atoms with van der Waals surface area (Å²) < 4.78 is 16.5. The van der Waals surface area contributed by atoms with Gasteiger partial charge in [0.05, 0.1) is 14.2 Å². The van der Waals surface area contributed by atoms with Gasteiger partial charge in [0.15, 0.2) is 10.9 Å². The molecule has 0 aliphatic heterocycles. The molecule has 6 heteroatoms. The van der Waals surface area contributed by atoms with Gasteiger partial charge in [-0.1, -0.05) is 44.7 Å². The molecule has 0 fully saturated rings. The number of carbonyl (C=O) groups excluding carboxylic acids is 1. The number of furan rings is 1. The summed E-state index contributed by atoms with van der Waals surface area (Å²) in [6.45, 7) is 9.13. The zero-order chi connectivity index (χ0) is 23.3. The summed E-state index contributed by atoms with van der Waals surface area (Å²) in [5, 5.41) is 3.61. The van der Waals surface area contributed by atoms with Crippen LogP contribution in [0.15, 0.2) is 62.9 Å². The Morgan fingerprint density at radius 3 is 2.50 bits per heavy atom. The van der Waals surface area contributed by atoms with Crippen molar-refractivity contribution in [3.05, 3.63) is 71.0 Å². The van der Waals surface area contributed by atoms with E-state index in [4.69, 9.17) is 13.9 Å². The Morgan fingerprint density at radius 1 is 1.03 bits per heavy atom. The molecule has 0 spiro atoms. The lowest BCUT2D eigenvalue weighted by Gasteiger charge is -2.20. The fraction of sp³-hybridized carbons (Fsp3) is 0.346. The van der Waals surface area contributed by atoms with E-state index in [1.807, 2.05) is 24.3 Å². The third kappa shape index (κ3) is 5.88. The SMILES string of the molecule is COc1ccc(OC)c(CCNC(=O)c2ccc(Sc3cc(C(C)(C)C)ccc3C)o2)c1. The van der Waals surface area contributed by atoms with E-state index in [9.17, 15) is 4.79 Å². The lowest BCUT2D eigenvalue weighted by Crippen LogP contribution is -2.25. The van der Waals surface area contributed by atoms with E-state index >= 15 is 0 Å². The summed E-state index contributed by atoms with van der Waals surface area (Å²) in [5.41, 5.74) is 3.49. The largest absolute Gasteiger partial charge is 0.497 e. The maximum Gasteiger partial charge on any atom is 0.287 e. The smallest absolute Gasteiger partial charge is 0.287 e. The van der Waals surface area contributed by atoms with Crippen molar-refractivity contribution in [3.63, 3.8) is 0 Å². The number of hydrogen-bond acceptors (Lipinski definition) is 5. The maximum atomic E-state index is 12.6. The third-order valence-corrected chi connectivity index (χ3v) is 6.32. The number of carbonyl (C=O) groups is 1. The van der Waals surface area contributed by atoms with Gasteiger partial charge in [-0.25, -0.2) is 0 Å². The Balaban J connectivity index is 1.62. The first-order chi connectivity index (χ1) is 15.2. The van der Waals surface area contributed by atoms with Crippen molar-refractivity contribution in [3.8, 4) is 11.5 Å². The number of methoxy groups -OCH3 is 2. The molecular formula is C26H31NO4S. The van der Waals surface area contributed by atoms with Crippen LogP contribution in [-0.2, 0) is 11.8 Å². The molecule has 3 rings (SSSR count). The highest BCUT2D eigenvalue weighted by atomic mass is 32.2. The number of ether oxygens (including phenoxy) is 2. The Kier molecular flexibility index (Phi) is 7.56. The molecule has 0 saturated carbocycles. The molecule has 1 amide bonds. The summed E-state index contributed by atoms with van der Waals surface area (Å²) in [6, 6.07) is 15.7. The second-order valence-corrected chi connectivity index (χ2v) is 9.68. The predicted molar refractivity (Wildman–Crippen MR) is 128 cm³/mol. The number of hydrogen-bond donors (Lipinski definition) is 1. The molecule has 1 N–H and O–H groups in total. The molecule has 170 valence electrons. The standard InChI is InChI=1S/C26H31NO4S/c1-17-7-8-19(26(2,3)4)16-23(17)32-24-12-11-22(31-24)25(28)27-14-13-18-15-20(29-5)9-10-21(18)30-6/h7-12,15-16H,13-14H2,1-6H3,(H,27,28). The summed E-state index contributed by atoms with van der Waals surface area (Å²) in [5.74, 6) is 1.59. The molecule has 3 aromatic rings. The average Bonchev–Trinajstić information content (AvgIpc) is 3.23. The maximum absolute atomic E-state index is 12.6. The minimum atomic E-state index is -0.237. The van der Waals surface area contributed by atoms with Gasteiger partial charge in [-0.3, -0.25) is 4.79 Å². The molecule has 1 aromatic heterocycles. The average molecular weight is 454 g/mol. The molecular weight excluding hydrogens is 422 g/mol. The van der Waals surface area contributed by atoms with Gasteiger partial charge in [0.1, 0.15) is 11.5 Å². The van der Waals surface area contributed by atoms with E-state index in [2.05, 4.69) is 51.2 Å². The van der Waals surface area contributed by atoms with Gasteiger partial charge in [0.2, 0.25) is 0 Å². The Bertz CT molecular complexity index is 1080. The highest BCUT2D eigenvalue weighted by Crippen LogP contribution is 2.35. The molecule has 32 heavy (non-hydrogen) atoms. The summed E-state index contributed by atoms with van der Waals surface area (Å²) in [4.78, 5) is 13.7. The first-order valence-electron chi connectivity index (χ1n) is 10.6. The first-order valence-corrected chi connectivity index (χ1v) is 11.4. The molecule has 0 saturated heterocycles. The molecule has 0 aliphatic rings. The van der Waals surface area contributed by atoms with Crippen LogP contribution >= 0.6 is 11.8 Å². The lowest BCUT2D eigenvalue weighted by molar-refractivity contribution is 0.0921. The van der Waals surface area contributed by atoms with Crippen LogP contribution in [0.2, 0.25) is 0 Å². The Morgan fingerprint density at radius 2 is 1.81 bits per heavy atom. The van der Waals surface area contributed by atoms with E-state index in [-0.39, 0.29) is 11.3 Å². The van der Waals surface area contributed by atoms with E-state index in [1.54, 1.807) is 20.3 Å². The van der Waals surface area contributed by atoms with Crippen molar-refractivity contribution in [2.45, 2.75) is 49.5 Å². The predicted octanol–water partition coefficient (Wildman–Crippen LogP) is 6.03. The van der Waals surface area contributed by atoms with Crippen molar-refractivity contribution in [2.24, 2.45) is 0 Å². The van der Waals surface area contributed by atoms with E-state index in [0.717, 1.165) is 22.0 Å². The molecule has 2 aromatic carbocycles. The number of nitrogens with one attached hydrogen (secondary N) is 1. The minimum absolute atomic E-state index is 0.0721. The topological polar surface area (TPSA) is 60.7 Å². The van der Waals surface area contributed by atoms with Crippen LogP contribution in [0.5, 0.6) is 11.5 Å². The normalized spacial score (nSPS) is 11.3. The van der Waals surface area contributed by atoms with Crippen LogP contribution < -0.4 is 14.8 Å². The molecule has 0 aliphatic carbocycles. The number of aryl methyl sites for hydroxylation is 1. The second-order valence-electron chi connectivity index (χ2n) is 8.63. The van der Waals surface area contributed by atoms with Crippen LogP contribution in [-0.4, -0.2) is 26.7 Å². The van der Waals surface area contributed by atoms with Gasteiger partial charge in [-0.15, -0.1) is 0 Å². The first kappa shape index (κ1) is 23.8. The quantitative estimate of drug-likeness (QED) is 0.451. The van der Waals surface area contributed by atoms with Crippen molar-refractivity contribution in [1.82, 2.24) is 5.32 Å². The van der Waals surface area contributed by atoms with Crippen LogP contribution in [0, 0.1) is 6.92 Å². The zero-order valence-electron chi connectivity index (χ0n) is 19.6. The Hall–Kier alpha value is -2.86. The fourth-order valence-corrected chi connectivity index (χ4v) is 4.16. The van der Waals surface area contributed by atoms with Gasteiger partial charge in [-0.2, -0.15) is 0 Å². The van der Waals surface area contributed by atoms with Crippen LogP contribution in [0.4, 0.5) is 0 Å². The molecule has 0 bridgehead atoms. The van der Waals surface area contributed by atoms with Gasteiger partial charge < -0.3 is 19.2 Å². The number of rotatable bonds is 8. The van der Waals surface area contributed by atoms with Gasteiger partial charge in [-0.05, 0) is 71.8 Å². The Labute approximate surface area is 194 Å². The van der Waals surface area contributed by atoms with Crippen molar-refractivity contribution >= 4 is 17.7 Å². The number of benzene rings is 2. The molecule has 0 radical (unpaired) electrons. The van der Waals surface area contributed by atoms with Crippen molar-refractivity contribution < 1.29 is 18.7 Å². The molecule has 0 atom stereocenters. The van der Waals surface area contributed by atoms with E-state index in [1.165, 1.54) is 22.9 Å². The van der Waals surface area contributed by atoms with Crippen LogP contribution in [0.3, 0.4) is 0 Å². The molecule has 0 unspecified atom stereocenters.